The van der Waals surface area contributed by atoms with E-state index in [4.69, 9.17) is 5.73 Å². The summed E-state index contributed by atoms with van der Waals surface area (Å²) in [5, 5.41) is 20.7. The zero-order chi connectivity index (χ0) is 10.0. The molecule has 5 nitrogen and oxygen atoms in total. The minimum atomic E-state index is -1.51. The fourth-order valence-electron chi connectivity index (χ4n) is 0.860. The van der Waals surface area contributed by atoms with Crippen molar-refractivity contribution in [2.45, 2.75) is 0 Å². The van der Waals surface area contributed by atoms with Gasteiger partial charge in [-0.3, -0.25) is 0 Å². The molecule has 0 saturated heterocycles. The van der Waals surface area contributed by atoms with Gasteiger partial charge in [0.2, 0.25) is 0 Å². The molecule has 15 heavy (non-hydrogen) atoms. The molecule has 7 heteroatoms. The number of benzene rings is 1. The zero-order valence-electron chi connectivity index (χ0n) is 8.44. The molecule has 0 aromatic heterocycles. The second kappa shape index (κ2) is 7.27. The van der Waals surface area contributed by atoms with Crippen LogP contribution in [-0.2, 0) is 0 Å². The standard InChI is InChI=1S/C8H7NO4.2Na/c9-6-2-1-4(7(10)11)3-5(6)8(12)13;;/h1-3H,9H2,(H,10,11)(H,12,13);;/q;2*+1/p-2. The predicted octanol–water partition coefficient (Wildman–Crippen LogP) is -8.00. The van der Waals surface area contributed by atoms with Crippen molar-refractivity contribution in [2.24, 2.45) is 0 Å². The van der Waals surface area contributed by atoms with Crippen LogP contribution in [0.25, 0.3) is 0 Å². The fourth-order valence-corrected chi connectivity index (χ4v) is 0.860. The van der Waals surface area contributed by atoms with Gasteiger partial charge in [0.25, 0.3) is 0 Å². The van der Waals surface area contributed by atoms with Gasteiger partial charge in [-0.25, -0.2) is 0 Å². The smallest absolute Gasteiger partial charge is 0.545 e. The van der Waals surface area contributed by atoms with Crippen LogP contribution in [0, 0.1) is 0 Å². The first kappa shape index (κ1) is 17.4. The molecule has 2 N–H and O–H groups in total. The molecular formula is C8H5NNa2O4. The normalized spacial score (nSPS) is 8.27. The molecule has 68 valence electrons. The number of aromatic carboxylic acids is 2. The van der Waals surface area contributed by atoms with Crippen molar-refractivity contribution < 1.29 is 78.9 Å². The molecule has 0 aliphatic carbocycles. The SMILES string of the molecule is Nc1ccc(C(=O)[O-])cc1C(=O)[O-].[Na+].[Na+]. The van der Waals surface area contributed by atoms with Crippen LogP contribution in [0.1, 0.15) is 20.7 Å². The van der Waals surface area contributed by atoms with Crippen molar-refractivity contribution in [3.8, 4) is 0 Å². The van der Waals surface area contributed by atoms with E-state index in [2.05, 4.69) is 0 Å². The Morgan fingerprint density at radius 2 is 1.60 bits per heavy atom. The first-order valence-electron chi connectivity index (χ1n) is 3.34. The number of carbonyl (C=O) groups excluding carboxylic acids is 2. The van der Waals surface area contributed by atoms with Crippen molar-refractivity contribution >= 4 is 17.6 Å². The van der Waals surface area contributed by atoms with Crippen LogP contribution in [0.2, 0.25) is 0 Å². The molecule has 0 spiro atoms. The quantitative estimate of drug-likeness (QED) is 0.397. The molecule has 1 aromatic carbocycles. The predicted molar refractivity (Wildman–Crippen MR) is 39.5 cm³/mol. The van der Waals surface area contributed by atoms with E-state index >= 15 is 0 Å². The number of nitrogens with two attached hydrogens (primary N) is 1. The van der Waals surface area contributed by atoms with E-state index in [1.165, 1.54) is 6.07 Å². The summed E-state index contributed by atoms with van der Waals surface area (Å²) in [6, 6.07) is 3.24. The van der Waals surface area contributed by atoms with Crippen molar-refractivity contribution in [3.05, 3.63) is 29.3 Å². The van der Waals surface area contributed by atoms with Crippen LogP contribution in [0.3, 0.4) is 0 Å². The first-order chi connectivity index (χ1) is 6.02. The summed E-state index contributed by atoms with van der Waals surface area (Å²) in [5.74, 6) is -2.97. The van der Waals surface area contributed by atoms with Crippen LogP contribution in [0.4, 0.5) is 5.69 Å². The van der Waals surface area contributed by atoms with E-state index in [1.54, 1.807) is 0 Å². The molecule has 0 radical (unpaired) electrons. The number of hydrogen-bond acceptors (Lipinski definition) is 5. The Bertz CT molecular complexity index is 381. The first-order valence-corrected chi connectivity index (χ1v) is 3.34. The van der Waals surface area contributed by atoms with Crippen molar-refractivity contribution in [1.29, 1.82) is 0 Å². The molecule has 0 heterocycles. The van der Waals surface area contributed by atoms with E-state index in [1.807, 2.05) is 0 Å². The third kappa shape index (κ3) is 4.55. The number of carboxylic acid groups (broad SMARTS) is 2. The molecule has 0 fully saturated rings. The minimum Gasteiger partial charge on any atom is -0.545 e. The average Bonchev–Trinajstić information content (AvgIpc) is 2.04. The molecule has 1 rings (SSSR count). The molecule has 0 bridgehead atoms. The largest absolute Gasteiger partial charge is 1.00 e. The van der Waals surface area contributed by atoms with Gasteiger partial charge in [-0.05, 0) is 17.7 Å². The van der Waals surface area contributed by atoms with Crippen LogP contribution in [0.15, 0.2) is 18.2 Å². The van der Waals surface area contributed by atoms with Gasteiger partial charge >= 0.3 is 59.1 Å². The summed E-state index contributed by atoms with van der Waals surface area (Å²) < 4.78 is 0. The van der Waals surface area contributed by atoms with Gasteiger partial charge in [0, 0.05) is 11.3 Å². The fraction of sp³-hybridized carbons (Fsp3) is 0. The Morgan fingerprint density at radius 1 is 1.07 bits per heavy atom. The molecule has 0 atom stereocenters. The Balaban J connectivity index is 0. The maximum Gasteiger partial charge on any atom is 1.00 e. The van der Waals surface area contributed by atoms with Gasteiger partial charge < -0.3 is 25.5 Å². The Morgan fingerprint density at radius 3 is 2.00 bits per heavy atom. The molecule has 1 aromatic rings. The number of rotatable bonds is 2. The molecule has 0 aliphatic rings. The number of hydrogen-bond donors (Lipinski definition) is 1. The third-order valence-electron chi connectivity index (χ3n) is 1.51. The van der Waals surface area contributed by atoms with Crippen molar-refractivity contribution in [1.82, 2.24) is 0 Å². The van der Waals surface area contributed by atoms with E-state index in [0.717, 1.165) is 12.1 Å². The Labute approximate surface area is 130 Å². The molecule has 0 unspecified atom stereocenters. The van der Waals surface area contributed by atoms with Crippen LogP contribution in [0.5, 0.6) is 0 Å². The number of nitrogen functional groups attached to an aromatic ring is 1. The van der Waals surface area contributed by atoms with Crippen molar-refractivity contribution in [3.63, 3.8) is 0 Å². The van der Waals surface area contributed by atoms with Crippen LogP contribution in [-0.4, -0.2) is 11.9 Å². The van der Waals surface area contributed by atoms with Gasteiger partial charge in [-0.15, -0.1) is 0 Å². The summed E-state index contributed by atoms with van der Waals surface area (Å²) in [6.07, 6.45) is 0. The molecule has 0 saturated carbocycles. The minimum absolute atomic E-state index is 0. The van der Waals surface area contributed by atoms with Gasteiger partial charge in [-0.1, -0.05) is 6.07 Å². The van der Waals surface area contributed by atoms with Gasteiger partial charge in [0.1, 0.15) is 0 Å². The topological polar surface area (TPSA) is 106 Å². The maximum atomic E-state index is 10.4. The van der Waals surface area contributed by atoms with Gasteiger partial charge in [0.15, 0.2) is 0 Å². The Hall–Kier alpha value is -0.0400. The van der Waals surface area contributed by atoms with E-state index in [9.17, 15) is 19.8 Å². The van der Waals surface area contributed by atoms with Crippen molar-refractivity contribution in [2.75, 3.05) is 5.73 Å². The van der Waals surface area contributed by atoms with Gasteiger partial charge in [-0.2, -0.15) is 0 Å². The monoisotopic (exact) mass is 225 g/mol. The summed E-state index contributed by atoms with van der Waals surface area (Å²) in [5.41, 5.74) is 4.63. The third-order valence-corrected chi connectivity index (χ3v) is 1.51. The molecule has 0 amide bonds. The van der Waals surface area contributed by atoms with Crippen LogP contribution >= 0.6 is 0 Å². The summed E-state index contributed by atoms with van der Waals surface area (Å²) in [4.78, 5) is 20.7. The maximum absolute atomic E-state index is 10.4. The molecular weight excluding hydrogens is 220 g/mol. The van der Waals surface area contributed by atoms with E-state index in [0.29, 0.717) is 0 Å². The van der Waals surface area contributed by atoms with E-state index < -0.39 is 11.9 Å². The second-order valence-corrected chi connectivity index (χ2v) is 2.38. The average molecular weight is 225 g/mol. The van der Waals surface area contributed by atoms with Crippen LogP contribution < -0.4 is 75.1 Å². The number of carboxylic acids is 2. The molecule has 0 aliphatic heterocycles. The zero-order valence-corrected chi connectivity index (χ0v) is 12.4. The second-order valence-electron chi connectivity index (χ2n) is 2.38. The van der Waals surface area contributed by atoms with E-state index in [-0.39, 0.29) is 75.9 Å². The Kier molecular flexibility index (Phi) is 8.41. The summed E-state index contributed by atoms with van der Waals surface area (Å²) in [6.45, 7) is 0. The number of anilines is 1. The van der Waals surface area contributed by atoms with Gasteiger partial charge in [0.05, 0.1) is 11.9 Å². The number of carbonyl (C=O) groups is 2. The summed E-state index contributed by atoms with van der Waals surface area (Å²) >= 11 is 0. The summed E-state index contributed by atoms with van der Waals surface area (Å²) in [7, 11) is 0.